The fourth-order valence-electron chi connectivity index (χ4n) is 2.62. The first kappa shape index (κ1) is 9.77. The van der Waals surface area contributed by atoms with Crippen LogP contribution in [0.15, 0.2) is 30.3 Å². The molecule has 2 atom stereocenters. The average Bonchev–Trinajstić information content (AvgIpc) is 2.85. The highest BCUT2D eigenvalue weighted by molar-refractivity contribution is 7.29. The van der Waals surface area contributed by atoms with Crippen LogP contribution in [0.25, 0.3) is 0 Å². The van der Waals surface area contributed by atoms with Crippen molar-refractivity contribution in [3.63, 3.8) is 0 Å². The van der Waals surface area contributed by atoms with Gasteiger partial charge in [-0.2, -0.15) is 0 Å². The monoisotopic (exact) mass is 220 g/mol. The number of hydrogen-bond acceptors (Lipinski definition) is 2. The van der Waals surface area contributed by atoms with Crippen LogP contribution >= 0.6 is 8.96 Å². The quantitative estimate of drug-likeness (QED) is 0.674. The summed E-state index contributed by atoms with van der Waals surface area (Å²) in [4.78, 5) is 0. The molecule has 2 heterocycles. The molecule has 3 heteroatoms. The van der Waals surface area contributed by atoms with Crippen molar-refractivity contribution < 1.29 is 4.52 Å². The first-order valence-electron chi connectivity index (χ1n) is 5.52. The summed E-state index contributed by atoms with van der Waals surface area (Å²) in [7, 11) is 1.05. The van der Waals surface area contributed by atoms with Crippen LogP contribution in [0, 0.1) is 0 Å². The predicted molar refractivity (Wildman–Crippen MR) is 61.5 cm³/mol. The van der Waals surface area contributed by atoms with Gasteiger partial charge in [0.2, 0.25) is 0 Å². The zero-order valence-electron chi connectivity index (χ0n) is 8.89. The topological polar surface area (TPSA) is 12.5 Å². The highest BCUT2D eigenvalue weighted by Crippen LogP contribution is 2.52. The second-order valence-corrected chi connectivity index (χ2v) is 5.33. The van der Waals surface area contributed by atoms with Gasteiger partial charge in [-0.1, -0.05) is 30.3 Å². The zero-order valence-corrected chi connectivity index (χ0v) is 9.78. The minimum atomic E-state index is -0.0979. The highest BCUT2D eigenvalue weighted by Gasteiger charge is 2.41. The molecule has 0 unspecified atom stereocenters. The third-order valence-electron chi connectivity index (χ3n) is 3.54. The van der Waals surface area contributed by atoms with Crippen LogP contribution in [-0.4, -0.2) is 17.3 Å². The third kappa shape index (κ3) is 1.44. The molecule has 0 aromatic heterocycles. The standard InChI is InChI=1S/C12H15NOP/c1-12(10-6-3-2-4-7-10)11-8-5-9-13(11)15-14-12/h2-4,6-7,11H,5,8-9H2,1H3/q-1/t11-,12+/m0/s1. The zero-order chi connectivity index (χ0) is 10.3. The molecule has 2 nitrogen and oxygen atoms in total. The van der Waals surface area contributed by atoms with Gasteiger partial charge < -0.3 is 18.2 Å². The van der Waals surface area contributed by atoms with Gasteiger partial charge in [0.25, 0.3) is 0 Å². The summed E-state index contributed by atoms with van der Waals surface area (Å²) in [6.07, 6.45) is 2.57. The lowest BCUT2D eigenvalue weighted by Gasteiger charge is -2.34. The number of fused-ring (bicyclic) bond motifs is 1. The van der Waals surface area contributed by atoms with E-state index in [1.807, 2.05) is 0 Å². The molecule has 0 N–H and O–H groups in total. The first-order chi connectivity index (χ1) is 7.31. The smallest absolute Gasteiger partial charge is 0.0729 e. The summed E-state index contributed by atoms with van der Waals surface area (Å²) in [5.41, 5.74) is 1.21. The van der Waals surface area contributed by atoms with E-state index in [4.69, 9.17) is 4.52 Å². The maximum absolute atomic E-state index is 5.99. The predicted octanol–water partition coefficient (Wildman–Crippen LogP) is 3.17. The molecule has 2 fully saturated rings. The van der Waals surface area contributed by atoms with Crippen LogP contribution in [-0.2, 0) is 10.1 Å². The van der Waals surface area contributed by atoms with Gasteiger partial charge >= 0.3 is 0 Å². The molecule has 0 spiro atoms. The van der Waals surface area contributed by atoms with Crippen molar-refractivity contribution in [2.75, 3.05) is 6.54 Å². The van der Waals surface area contributed by atoms with Crippen LogP contribution in [0.1, 0.15) is 25.3 Å². The van der Waals surface area contributed by atoms with Gasteiger partial charge in [-0.05, 0) is 31.9 Å². The first-order valence-corrected chi connectivity index (χ1v) is 6.28. The molecule has 0 amide bonds. The van der Waals surface area contributed by atoms with E-state index in [1.54, 1.807) is 0 Å². The maximum atomic E-state index is 5.99. The van der Waals surface area contributed by atoms with Gasteiger partial charge in [0, 0.05) is 6.04 Å². The average molecular weight is 220 g/mol. The van der Waals surface area contributed by atoms with E-state index in [2.05, 4.69) is 41.9 Å². The van der Waals surface area contributed by atoms with Gasteiger partial charge in [0.15, 0.2) is 0 Å². The van der Waals surface area contributed by atoms with Crippen LogP contribution < -0.4 is 0 Å². The number of hydrogen-bond donors (Lipinski definition) is 0. The molecule has 2 aliphatic heterocycles. The van der Waals surface area contributed by atoms with Gasteiger partial charge in [0.05, 0.1) is 5.60 Å². The van der Waals surface area contributed by atoms with E-state index in [-0.39, 0.29) is 5.60 Å². The van der Waals surface area contributed by atoms with Crippen molar-refractivity contribution >= 4 is 8.96 Å². The summed E-state index contributed by atoms with van der Waals surface area (Å²) in [6, 6.07) is 11.2. The van der Waals surface area contributed by atoms with E-state index in [0.29, 0.717) is 6.04 Å². The molecule has 3 rings (SSSR count). The Morgan fingerprint density at radius 3 is 3.00 bits per heavy atom. The Morgan fingerprint density at radius 1 is 1.40 bits per heavy atom. The van der Waals surface area contributed by atoms with Crippen molar-refractivity contribution in [1.82, 2.24) is 4.67 Å². The van der Waals surface area contributed by atoms with E-state index in [9.17, 15) is 0 Å². The van der Waals surface area contributed by atoms with Crippen LogP contribution in [0.5, 0.6) is 0 Å². The summed E-state index contributed by atoms with van der Waals surface area (Å²) >= 11 is 0. The van der Waals surface area contributed by atoms with Crippen molar-refractivity contribution in [2.45, 2.75) is 31.4 Å². The Balaban J connectivity index is 1.97. The Hall–Kier alpha value is -0.430. The summed E-state index contributed by atoms with van der Waals surface area (Å²) in [6.45, 7) is 3.42. The second kappa shape index (κ2) is 3.55. The number of rotatable bonds is 1. The fourth-order valence-corrected chi connectivity index (χ4v) is 3.80. The van der Waals surface area contributed by atoms with Crippen LogP contribution in [0.3, 0.4) is 0 Å². The molecule has 80 valence electrons. The molecule has 15 heavy (non-hydrogen) atoms. The Kier molecular flexibility index (Phi) is 2.31. The number of benzene rings is 1. The molecule has 1 aromatic rings. The van der Waals surface area contributed by atoms with E-state index < -0.39 is 0 Å². The molecule has 0 radical (unpaired) electrons. The molecule has 0 aliphatic carbocycles. The largest absolute Gasteiger partial charge is 0.533 e. The van der Waals surface area contributed by atoms with Crippen molar-refractivity contribution in [1.29, 1.82) is 0 Å². The molecule has 0 saturated carbocycles. The minimum Gasteiger partial charge on any atom is -0.533 e. The maximum Gasteiger partial charge on any atom is 0.0729 e. The second-order valence-electron chi connectivity index (χ2n) is 4.47. The molecular formula is C12H15NOP-. The van der Waals surface area contributed by atoms with Crippen molar-refractivity contribution in [3.8, 4) is 0 Å². The molecule has 0 bridgehead atoms. The molecule has 2 aliphatic rings. The van der Waals surface area contributed by atoms with Crippen LogP contribution in [0.4, 0.5) is 0 Å². The van der Waals surface area contributed by atoms with Gasteiger partial charge in [-0.25, -0.2) is 0 Å². The van der Waals surface area contributed by atoms with Gasteiger partial charge in [0.1, 0.15) is 0 Å². The SMILES string of the molecule is C[C@]1(c2ccccc2)O[P-]N2CCC[C@H]21. The van der Waals surface area contributed by atoms with Gasteiger partial charge in [-0.15, -0.1) is 0 Å². The van der Waals surface area contributed by atoms with E-state index >= 15 is 0 Å². The lowest BCUT2D eigenvalue weighted by molar-refractivity contribution is 0.0904. The Labute approximate surface area is 92.5 Å². The van der Waals surface area contributed by atoms with Crippen LogP contribution in [0.2, 0.25) is 0 Å². The lowest BCUT2D eigenvalue weighted by Crippen LogP contribution is -2.36. The molecular weight excluding hydrogens is 205 g/mol. The van der Waals surface area contributed by atoms with Crippen molar-refractivity contribution in [2.24, 2.45) is 0 Å². The highest BCUT2D eigenvalue weighted by atomic mass is 31.1. The van der Waals surface area contributed by atoms with Crippen molar-refractivity contribution in [3.05, 3.63) is 35.9 Å². The normalized spacial score (nSPS) is 37.3. The summed E-state index contributed by atoms with van der Waals surface area (Å²) in [5, 5.41) is 0. The summed E-state index contributed by atoms with van der Waals surface area (Å²) in [5.74, 6) is 0. The lowest BCUT2D eigenvalue weighted by atomic mass is 9.87. The Morgan fingerprint density at radius 2 is 2.20 bits per heavy atom. The van der Waals surface area contributed by atoms with E-state index in [0.717, 1.165) is 8.96 Å². The minimum absolute atomic E-state index is 0.0979. The summed E-state index contributed by atoms with van der Waals surface area (Å²) < 4.78 is 8.43. The molecule has 2 saturated heterocycles. The number of nitrogens with zero attached hydrogens (tertiary/aromatic N) is 1. The fraction of sp³-hybridized carbons (Fsp3) is 0.500. The molecule has 1 aromatic carbocycles. The van der Waals surface area contributed by atoms with Gasteiger partial charge in [-0.3, -0.25) is 0 Å². The Bertz CT molecular complexity index is 356. The third-order valence-corrected chi connectivity index (χ3v) is 4.69. The van der Waals surface area contributed by atoms with E-state index in [1.165, 1.54) is 24.9 Å².